The van der Waals surface area contributed by atoms with Crippen LogP contribution >= 0.6 is 0 Å². The zero-order valence-corrected chi connectivity index (χ0v) is 10.7. The highest BCUT2D eigenvalue weighted by atomic mass is 16.5. The largest absolute Gasteiger partial charge is 0.497 e. The number of rotatable bonds is 3. The third kappa shape index (κ3) is 2.42. The molecular weight excluding hydrogens is 238 g/mol. The van der Waals surface area contributed by atoms with Crippen LogP contribution in [-0.4, -0.2) is 13.7 Å². The molecule has 0 aromatic heterocycles. The fourth-order valence-corrected chi connectivity index (χ4v) is 2.12. The SMILES string of the molecule is COc1ccc(N2CC(c3ccccc3)N=N2)cc1. The summed E-state index contributed by atoms with van der Waals surface area (Å²) < 4.78 is 5.15. The Balaban J connectivity index is 1.74. The van der Waals surface area contributed by atoms with Gasteiger partial charge in [0, 0.05) is 0 Å². The second-order valence-electron chi connectivity index (χ2n) is 4.41. The minimum Gasteiger partial charge on any atom is -0.497 e. The zero-order valence-electron chi connectivity index (χ0n) is 10.7. The number of nitrogens with zero attached hydrogens (tertiary/aromatic N) is 3. The van der Waals surface area contributed by atoms with Gasteiger partial charge in [0.05, 0.1) is 19.3 Å². The first-order valence-electron chi connectivity index (χ1n) is 6.24. The normalized spacial score (nSPS) is 17.7. The second-order valence-corrected chi connectivity index (χ2v) is 4.41. The van der Waals surface area contributed by atoms with Crippen molar-refractivity contribution in [2.24, 2.45) is 10.3 Å². The summed E-state index contributed by atoms with van der Waals surface area (Å²) in [5, 5.41) is 10.5. The number of anilines is 1. The number of benzene rings is 2. The molecule has 2 aromatic rings. The first-order chi connectivity index (χ1) is 9.36. The number of hydrogen-bond donors (Lipinski definition) is 0. The molecule has 96 valence electrons. The first kappa shape index (κ1) is 11.7. The van der Waals surface area contributed by atoms with Crippen LogP contribution in [-0.2, 0) is 0 Å². The van der Waals surface area contributed by atoms with E-state index < -0.39 is 0 Å². The Morgan fingerprint density at radius 2 is 1.79 bits per heavy atom. The van der Waals surface area contributed by atoms with E-state index in [2.05, 4.69) is 22.5 Å². The van der Waals surface area contributed by atoms with Crippen LogP contribution in [0.15, 0.2) is 64.9 Å². The Morgan fingerprint density at radius 1 is 1.05 bits per heavy atom. The molecule has 0 fully saturated rings. The van der Waals surface area contributed by atoms with Crippen LogP contribution in [0.2, 0.25) is 0 Å². The van der Waals surface area contributed by atoms with E-state index in [0.29, 0.717) is 0 Å². The molecule has 1 aliphatic heterocycles. The maximum absolute atomic E-state index is 5.15. The highest BCUT2D eigenvalue weighted by Gasteiger charge is 2.21. The average molecular weight is 253 g/mol. The summed E-state index contributed by atoms with van der Waals surface area (Å²) in [6.45, 7) is 0.774. The van der Waals surface area contributed by atoms with E-state index in [-0.39, 0.29) is 6.04 Å². The highest BCUT2D eigenvalue weighted by molar-refractivity contribution is 5.49. The van der Waals surface area contributed by atoms with Crippen LogP contribution in [0.25, 0.3) is 0 Å². The van der Waals surface area contributed by atoms with Gasteiger partial charge in [-0.25, -0.2) is 5.01 Å². The van der Waals surface area contributed by atoms with Crippen LogP contribution < -0.4 is 9.75 Å². The molecule has 0 aliphatic carbocycles. The van der Waals surface area contributed by atoms with E-state index >= 15 is 0 Å². The van der Waals surface area contributed by atoms with Crippen molar-refractivity contribution < 1.29 is 4.74 Å². The fourth-order valence-electron chi connectivity index (χ4n) is 2.12. The molecule has 0 amide bonds. The van der Waals surface area contributed by atoms with Gasteiger partial charge in [-0.05, 0) is 29.8 Å². The van der Waals surface area contributed by atoms with Crippen LogP contribution in [0.5, 0.6) is 5.75 Å². The van der Waals surface area contributed by atoms with Crippen LogP contribution in [0.4, 0.5) is 5.69 Å². The summed E-state index contributed by atoms with van der Waals surface area (Å²) in [5.74, 6) is 0.847. The first-order valence-corrected chi connectivity index (χ1v) is 6.24. The maximum Gasteiger partial charge on any atom is 0.119 e. The smallest absolute Gasteiger partial charge is 0.119 e. The van der Waals surface area contributed by atoms with E-state index in [1.54, 1.807) is 7.11 Å². The number of ether oxygens (including phenoxy) is 1. The molecule has 4 nitrogen and oxygen atoms in total. The lowest BCUT2D eigenvalue weighted by atomic mass is 10.1. The van der Waals surface area contributed by atoms with Gasteiger partial charge < -0.3 is 4.74 Å². The second kappa shape index (κ2) is 5.10. The van der Waals surface area contributed by atoms with E-state index in [9.17, 15) is 0 Å². The molecule has 1 aliphatic rings. The number of hydrogen-bond acceptors (Lipinski definition) is 4. The Hall–Kier alpha value is -2.36. The van der Waals surface area contributed by atoms with Crippen molar-refractivity contribution in [2.75, 3.05) is 18.7 Å². The van der Waals surface area contributed by atoms with E-state index in [4.69, 9.17) is 4.74 Å². The predicted octanol–water partition coefficient (Wildman–Crippen LogP) is 3.62. The molecule has 19 heavy (non-hydrogen) atoms. The molecule has 0 N–H and O–H groups in total. The lowest BCUT2D eigenvalue weighted by molar-refractivity contribution is 0.415. The Morgan fingerprint density at radius 3 is 2.47 bits per heavy atom. The minimum absolute atomic E-state index is 0.114. The topological polar surface area (TPSA) is 37.2 Å². The molecule has 2 aromatic carbocycles. The van der Waals surface area contributed by atoms with Gasteiger partial charge >= 0.3 is 0 Å². The molecule has 1 atom stereocenters. The quantitative estimate of drug-likeness (QED) is 0.837. The molecule has 3 rings (SSSR count). The van der Waals surface area contributed by atoms with Crippen LogP contribution in [0.1, 0.15) is 11.6 Å². The van der Waals surface area contributed by atoms with Crippen molar-refractivity contribution in [3.8, 4) is 5.75 Å². The van der Waals surface area contributed by atoms with Gasteiger partial charge in [-0.15, -0.1) is 0 Å². The minimum atomic E-state index is 0.114. The lowest BCUT2D eigenvalue weighted by Gasteiger charge is -2.14. The Bertz CT molecular complexity index is 566. The average Bonchev–Trinajstić information content (AvgIpc) is 2.98. The van der Waals surface area contributed by atoms with Gasteiger partial charge in [0.15, 0.2) is 0 Å². The van der Waals surface area contributed by atoms with Gasteiger partial charge in [-0.1, -0.05) is 35.6 Å². The summed E-state index contributed by atoms with van der Waals surface area (Å²) in [5.41, 5.74) is 2.23. The van der Waals surface area contributed by atoms with E-state index in [1.165, 1.54) is 5.56 Å². The van der Waals surface area contributed by atoms with Crippen molar-refractivity contribution in [2.45, 2.75) is 6.04 Å². The molecule has 1 unspecified atom stereocenters. The van der Waals surface area contributed by atoms with Gasteiger partial charge in [0.2, 0.25) is 0 Å². The maximum atomic E-state index is 5.15. The molecule has 0 radical (unpaired) electrons. The highest BCUT2D eigenvalue weighted by Crippen LogP contribution is 2.29. The predicted molar refractivity (Wildman–Crippen MR) is 74.4 cm³/mol. The number of methoxy groups -OCH3 is 1. The van der Waals surface area contributed by atoms with E-state index in [0.717, 1.165) is 18.0 Å². The van der Waals surface area contributed by atoms with Gasteiger partial charge in [0.1, 0.15) is 11.8 Å². The summed E-state index contributed by atoms with van der Waals surface area (Å²) in [6.07, 6.45) is 0. The van der Waals surface area contributed by atoms with Crippen molar-refractivity contribution in [1.82, 2.24) is 0 Å². The third-order valence-electron chi connectivity index (χ3n) is 3.20. The molecule has 1 heterocycles. The standard InChI is InChI=1S/C15H15N3O/c1-19-14-9-7-13(8-10-14)18-11-15(16-17-18)12-5-3-2-4-6-12/h2-10,15H,11H2,1H3. The molecule has 0 saturated heterocycles. The Labute approximate surface area is 112 Å². The molecule has 4 heteroatoms. The molecule has 0 bridgehead atoms. The van der Waals surface area contributed by atoms with Crippen molar-refractivity contribution in [3.05, 3.63) is 60.2 Å². The van der Waals surface area contributed by atoms with Gasteiger partial charge in [-0.2, -0.15) is 5.11 Å². The van der Waals surface area contributed by atoms with Gasteiger partial charge in [0.25, 0.3) is 0 Å². The van der Waals surface area contributed by atoms with Crippen molar-refractivity contribution in [1.29, 1.82) is 0 Å². The van der Waals surface area contributed by atoms with Crippen molar-refractivity contribution in [3.63, 3.8) is 0 Å². The molecule has 0 saturated carbocycles. The third-order valence-corrected chi connectivity index (χ3v) is 3.20. The molecule has 0 spiro atoms. The fraction of sp³-hybridized carbons (Fsp3) is 0.200. The van der Waals surface area contributed by atoms with Crippen LogP contribution in [0, 0.1) is 0 Å². The van der Waals surface area contributed by atoms with Crippen LogP contribution in [0.3, 0.4) is 0 Å². The monoisotopic (exact) mass is 253 g/mol. The summed E-state index contributed by atoms with van der Waals surface area (Å²) in [7, 11) is 1.66. The van der Waals surface area contributed by atoms with Crippen molar-refractivity contribution >= 4 is 5.69 Å². The van der Waals surface area contributed by atoms with Gasteiger partial charge in [-0.3, -0.25) is 0 Å². The van der Waals surface area contributed by atoms with E-state index in [1.807, 2.05) is 47.5 Å². The zero-order chi connectivity index (χ0) is 13.1. The summed E-state index contributed by atoms with van der Waals surface area (Å²) in [6, 6.07) is 18.2. The lowest BCUT2D eigenvalue weighted by Crippen LogP contribution is -2.15. The Kier molecular flexibility index (Phi) is 3.14. The summed E-state index contributed by atoms with van der Waals surface area (Å²) in [4.78, 5) is 0. The summed E-state index contributed by atoms with van der Waals surface area (Å²) >= 11 is 0. The molecular formula is C15H15N3O.